The molecule has 0 N–H and O–H groups in total. The third-order valence-electron chi connectivity index (χ3n) is 2.65. The molecule has 0 saturated carbocycles. The molecule has 88 valence electrons. The highest BCUT2D eigenvalue weighted by Gasteiger charge is 2.13. The lowest BCUT2D eigenvalue weighted by Crippen LogP contribution is -2.23. The standard InChI is InChI=1S/C15H19NSi/c1-17(2,3)12-13-7-9-14(10-8-13)15-6-4-5-11-16-15/h4-11H,12H2,1-3H3. The first-order valence-electron chi connectivity index (χ1n) is 6.05. The molecule has 1 aromatic heterocycles. The first-order valence-corrected chi connectivity index (χ1v) is 9.76. The van der Waals surface area contributed by atoms with Gasteiger partial charge in [-0.3, -0.25) is 4.98 Å². The largest absolute Gasteiger partial charge is 0.256 e. The molecule has 0 aliphatic carbocycles. The molecule has 2 heteroatoms. The Kier molecular flexibility index (Phi) is 3.43. The number of nitrogens with zero attached hydrogens (tertiary/aromatic N) is 1. The van der Waals surface area contributed by atoms with Gasteiger partial charge in [-0.15, -0.1) is 0 Å². The average molecular weight is 241 g/mol. The molecule has 2 rings (SSSR count). The second-order valence-corrected chi connectivity index (χ2v) is 11.1. The van der Waals surface area contributed by atoms with Gasteiger partial charge in [-0.25, -0.2) is 0 Å². The summed E-state index contributed by atoms with van der Waals surface area (Å²) in [5, 5.41) is 0. The predicted octanol–water partition coefficient (Wildman–Crippen LogP) is 4.17. The van der Waals surface area contributed by atoms with Gasteiger partial charge in [0.15, 0.2) is 0 Å². The summed E-state index contributed by atoms with van der Waals surface area (Å²) in [6.07, 6.45) is 1.84. The number of hydrogen-bond acceptors (Lipinski definition) is 1. The monoisotopic (exact) mass is 241 g/mol. The molecule has 0 radical (unpaired) electrons. The van der Waals surface area contributed by atoms with Gasteiger partial charge < -0.3 is 0 Å². The summed E-state index contributed by atoms with van der Waals surface area (Å²) in [5.41, 5.74) is 3.70. The maximum Gasteiger partial charge on any atom is 0.0701 e. The number of pyridine rings is 1. The van der Waals surface area contributed by atoms with Gasteiger partial charge in [-0.05, 0) is 18.2 Å². The van der Waals surface area contributed by atoms with Crippen LogP contribution in [0.4, 0.5) is 0 Å². The van der Waals surface area contributed by atoms with Crippen LogP contribution in [0.1, 0.15) is 5.56 Å². The van der Waals surface area contributed by atoms with E-state index in [9.17, 15) is 0 Å². The first kappa shape index (κ1) is 12.1. The van der Waals surface area contributed by atoms with Crippen LogP contribution >= 0.6 is 0 Å². The molecule has 0 fully saturated rings. The van der Waals surface area contributed by atoms with E-state index in [0.29, 0.717) is 0 Å². The maximum atomic E-state index is 4.36. The summed E-state index contributed by atoms with van der Waals surface area (Å²) in [7, 11) is -1.01. The molecular weight excluding hydrogens is 222 g/mol. The highest BCUT2D eigenvalue weighted by molar-refractivity contribution is 6.75. The topological polar surface area (TPSA) is 12.9 Å². The van der Waals surface area contributed by atoms with E-state index in [1.54, 1.807) is 0 Å². The van der Waals surface area contributed by atoms with Crippen LogP contribution in [-0.4, -0.2) is 13.1 Å². The van der Waals surface area contributed by atoms with E-state index in [4.69, 9.17) is 0 Å². The highest BCUT2D eigenvalue weighted by Crippen LogP contribution is 2.19. The summed E-state index contributed by atoms with van der Waals surface area (Å²) < 4.78 is 0. The van der Waals surface area contributed by atoms with Gasteiger partial charge in [0.2, 0.25) is 0 Å². The zero-order valence-electron chi connectivity index (χ0n) is 10.8. The van der Waals surface area contributed by atoms with Gasteiger partial charge in [-0.2, -0.15) is 0 Å². The molecule has 0 atom stereocenters. The molecule has 2 aromatic rings. The van der Waals surface area contributed by atoms with Crippen LogP contribution in [0.2, 0.25) is 19.6 Å². The van der Waals surface area contributed by atoms with Gasteiger partial charge in [0.05, 0.1) is 5.69 Å². The molecule has 0 aliphatic rings. The minimum Gasteiger partial charge on any atom is -0.256 e. The normalized spacial score (nSPS) is 11.5. The van der Waals surface area contributed by atoms with Crippen molar-refractivity contribution in [3.05, 3.63) is 54.2 Å². The smallest absolute Gasteiger partial charge is 0.0701 e. The minimum absolute atomic E-state index is 1.01. The predicted molar refractivity (Wildman–Crippen MR) is 76.7 cm³/mol. The molecule has 1 aromatic carbocycles. The Morgan fingerprint density at radius 2 is 1.65 bits per heavy atom. The van der Waals surface area contributed by atoms with Crippen LogP contribution in [-0.2, 0) is 6.04 Å². The Hall–Kier alpha value is -1.41. The third kappa shape index (κ3) is 3.53. The van der Waals surface area contributed by atoms with Crippen molar-refractivity contribution >= 4 is 8.07 Å². The summed E-state index contributed by atoms with van der Waals surface area (Å²) >= 11 is 0. The Balaban J connectivity index is 2.19. The van der Waals surface area contributed by atoms with Crippen LogP contribution in [0.3, 0.4) is 0 Å². The minimum atomic E-state index is -1.01. The quantitative estimate of drug-likeness (QED) is 0.735. The van der Waals surface area contributed by atoms with E-state index in [2.05, 4.69) is 48.9 Å². The first-order chi connectivity index (χ1) is 8.04. The van der Waals surface area contributed by atoms with Crippen molar-refractivity contribution in [2.45, 2.75) is 25.7 Å². The van der Waals surface area contributed by atoms with Crippen molar-refractivity contribution in [3.63, 3.8) is 0 Å². The van der Waals surface area contributed by atoms with Crippen LogP contribution in [0.25, 0.3) is 11.3 Å². The Bertz CT molecular complexity index is 469. The molecule has 0 spiro atoms. The fourth-order valence-electron chi connectivity index (χ4n) is 1.94. The van der Waals surface area contributed by atoms with Crippen LogP contribution < -0.4 is 0 Å². The Morgan fingerprint density at radius 3 is 2.18 bits per heavy atom. The molecule has 0 unspecified atom stereocenters. The van der Waals surface area contributed by atoms with Gasteiger partial charge in [-0.1, -0.05) is 55.5 Å². The van der Waals surface area contributed by atoms with Crippen molar-refractivity contribution in [2.75, 3.05) is 0 Å². The van der Waals surface area contributed by atoms with Gasteiger partial charge in [0.1, 0.15) is 0 Å². The SMILES string of the molecule is C[Si](C)(C)Cc1ccc(-c2ccccn2)cc1. The second kappa shape index (κ2) is 4.84. The number of aromatic nitrogens is 1. The van der Waals surface area contributed by atoms with Gasteiger partial charge in [0, 0.05) is 19.8 Å². The molecule has 1 nitrogen and oxygen atoms in total. The lowest BCUT2D eigenvalue weighted by atomic mass is 10.1. The molecule has 17 heavy (non-hydrogen) atoms. The summed E-state index contributed by atoms with van der Waals surface area (Å²) in [5.74, 6) is 0. The van der Waals surface area contributed by atoms with E-state index in [-0.39, 0.29) is 0 Å². The van der Waals surface area contributed by atoms with Crippen molar-refractivity contribution < 1.29 is 0 Å². The molecule has 0 aliphatic heterocycles. The Labute approximate surface area is 105 Å². The fourth-order valence-corrected chi connectivity index (χ4v) is 3.40. The van der Waals surface area contributed by atoms with E-state index < -0.39 is 8.07 Å². The zero-order chi connectivity index (χ0) is 12.3. The van der Waals surface area contributed by atoms with Crippen molar-refractivity contribution in [1.29, 1.82) is 0 Å². The van der Waals surface area contributed by atoms with Crippen molar-refractivity contribution in [1.82, 2.24) is 4.98 Å². The summed E-state index contributed by atoms with van der Waals surface area (Å²) in [6.45, 7) is 7.21. The molecule has 0 bridgehead atoms. The summed E-state index contributed by atoms with van der Waals surface area (Å²) in [6, 6.07) is 16.1. The number of rotatable bonds is 3. The van der Waals surface area contributed by atoms with Gasteiger partial charge >= 0.3 is 0 Å². The maximum absolute atomic E-state index is 4.36. The second-order valence-electron chi connectivity index (χ2n) is 5.65. The fraction of sp³-hybridized carbons (Fsp3) is 0.267. The highest BCUT2D eigenvalue weighted by atomic mass is 28.3. The van der Waals surface area contributed by atoms with Crippen molar-refractivity contribution in [3.8, 4) is 11.3 Å². The van der Waals surface area contributed by atoms with Crippen LogP contribution in [0, 0.1) is 0 Å². The molecule has 1 heterocycles. The Morgan fingerprint density at radius 1 is 0.941 bits per heavy atom. The average Bonchev–Trinajstić information content (AvgIpc) is 2.29. The van der Waals surface area contributed by atoms with Gasteiger partial charge in [0.25, 0.3) is 0 Å². The number of hydrogen-bond donors (Lipinski definition) is 0. The summed E-state index contributed by atoms with van der Waals surface area (Å²) in [4.78, 5) is 4.36. The molecule has 0 amide bonds. The zero-order valence-corrected chi connectivity index (χ0v) is 11.8. The lowest BCUT2D eigenvalue weighted by molar-refractivity contribution is 1.29. The van der Waals surface area contributed by atoms with E-state index in [0.717, 1.165) is 5.69 Å². The van der Waals surface area contributed by atoms with Crippen molar-refractivity contribution in [2.24, 2.45) is 0 Å². The van der Waals surface area contributed by atoms with Crippen LogP contribution in [0.5, 0.6) is 0 Å². The van der Waals surface area contributed by atoms with E-state index in [1.165, 1.54) is 17.2 Å². The third-order valence-corrected chi connectivity index (χ3v) is 4.12. The molecular formula is C15H19NSi. The lowest BCUT2D eigenvalue weighted by Gasteiger charge is -2.15. The molecule has 0 saturated heterocycles. The number of benzene rings is 1. The van der Waals surface area contributed by atoms with Crippen LogP contribution in [0.15, 0.2) is 48.7 Å². The van der Waals surface area contributed by atoms with E-state index >= 15 is 0 Å². The van der Waals surface area contributed by atoms with E-state index in [1.807, 2.05) is 24.4 Å².